The van der Waals surface area contributed by atoms with Crippen molar-refractivity contribution in [2.45, 2.75) is 39.3 Å². The summed E-state index contributed by atoms with van der Waals surface area (Å²) in [7, 11) is 0. The van der Waals surface area contributed by atoms with E-state index in [0.717, 1.165) is 6.42 Å². The summed E-state index contributed by atoms with van der Waals surface area (Å²) in [6.45, 7) is 6.06. The number of aliphatic hydroxyl groups is 1. The Kier molecular flexibility index (Phi) is 3.01. The molecule has 2 nitrogen and oxygen atoms in total. The van der Waals surface area contributed by atoms with Gasteiger partial charge >= 0.3 is 0 Å². The first kappa shape index (κ1) is 11.2. The van der Waals surface area contributed by atoms with E-state index in [4.69, 9.17) is 0 Å². The Labute approximate surface area is 96.5 Å². The Morgan fingerprint density at radius 3 is 2.56 bits per heavy atom. The molecule has 0 saturated carbocycles. The van der Waals surface area contributed by atoms with Crippen LogP contribution in [0.3, 0.4) is 0 Å². The summed E-state index contributed by atoms with van der Waals surface area (Å²) in [5.74, 6) is 0. The van der Waals surface area contributed by atoms with Gasteiger partial charge in [0.25, 0.3) is 0 Å². The Balaban J connectivity index is 2.61. The van der Waals surface area contributed by atoms with E-state index in [0.29, 0.717) is 0 Å². The molecule has 0 amide bonds. The molecule has 0 aliphatic carbocycles. The number of para-hydroxylation sites is 1. The predicted molar refractivity (Wildman–Crippen MR) is 67.7 cm³/mol. The van der Waals surface area contributed by atoms with Crippen molar-refractivity contribution in [3.63, 3.8) is 0 Å². The summed E-state index contributed by atoms with van der Waals surface area (Å²) in [6, 6.07) is 8.50. The molecule has 1 aromatic carbocycles. The van der Waals surface area contributed by atoms with Gasteiger partial charge in [0.2, 0.25) is 0 Å². The second-order valence-electron chi connectivity index (χ2n) is 4.41. The fourth-order valence-corrected chi connectivity index (χ4v) is 2.13. The maximum absolute atomic E-state index is 9.69. The molecule has 0 aliphatic heterocycles. The van der Waals surface area contributed by atoms with Crippen molar-refractivity contribution in [2.24, 2.45) is 0 Å². The normalized spacial score (nSPS) is 15.2. The molecule has 86 valence electrons. The first-order valence-corrected chi connectivity index (χ1v) is 5.91. The molecular weight excluding hydrogens is 198 g/mol. The number of benzene rings is 1. The molecule has 1 N–H and O–H groups in total. The van der Waals surface area contributed by atoms with E-state index in [1.165, 1.54) is 16.5 Å². The SMILES string of the molecule is CCc1cn(C(C)C(C)O)c2ccccc12. The molecule has 1 heterocycles. The van der Waals surface area contributed by atoms with Gasteiger partial charge in [0.05, 0.1) is 12.1 Å². The Morgan fingerprint density at radius 2 is 1.94 bits per heavy atom. The van der Waals surface area contributed by atoms with Crippen LogP contribution in [0.15, 0.2) is 30.5 Å². The van der Waals surface area contributed by atoms with Crippen LogP contribution in [0, 0.1) is 0 Å². The smallest absolute Gasteiger partial charge is 0.0716 e. The number of aryl methyl sites for hydroxylation is 1. The maximum atomic E-state index is 9.69. The summed E-state index contributed by atoms with van der Waals surface area (Å²) < 4.78 is 2.18. The van der Waals surface area contributed by atoms with Gasteiger partial charge < -0.3 is 9.67 Å². The molecule has 0 saturated heterocycles. The van der Waals surface area contributed by atoms with Crippen molar-refractivity contribution < 1.29 is 5.11 Å². The number of rotatable bonds is 3. The topological polar surface area (TPSA) is 25.2 Å². The minimum atomic E-state index is -0.333. The summed E-state index contributed by atoms with van der Waals surface area (Å²) in [6.07, 6.45) is 2.86. The molecule has 2 aromatic rings. The lowest BCUT2D eigenvalue weighted by atomic mass is 10.1. The molecular formula is C14H19NO. The lowest BCUT2D eigenvalue weighted by molar-refractivity contribution is 0.141. The fourth-order valence-electron chi connectivity index (χ4n) is 2.13. The lowest BCUT2D eigenvalue weighted by Gasteiger charge is -2.18. The minimum absolute atomic E-state index is 0.116. The maximum Gasteiger partial charge on any atom is 0.0716 e. The molecule has 0 spiro atoms. The van der Waals surface area contributed by atoms with Gasteiger partial charge in [0.1, 0.15) is 0 Å². The van der Waals surface area contributed by atoms with Crippen molar-refractivity contribution in [3.05, 3.63) is 36.0 Å². The molecule has 2 unspecified atom stereocenters. The van der Waals surface area contributed by atoms with Gasteiger partial charge in [-0.25, -0.2) is 0 Å². The molecule has 0 bridgehead atoms. The summed E-state index contributed by atoms with van der Waals surface area (Å²) in [5.41, 5.74) is 2.57. The van der Waals surface area contributed by atoms with Gasteiger partial charge in [-0.05, 0) is 31.9 Å². The van der Waals surface area contributed by atoms with Crippen LogP contribution in [0.5, 0.6) is 0 Å². The summed E-state index contributed by atoms with van der Waals surface area (Å²) in [4.78, 5) is 0. The monoisotopic (exact) mass is 217 g/mol. The van der Waals surface area contributed by atoms with Crippen molar-refractivity contribution >= 4 is 10.9 Å². The van der Waals surface area contributed by atoms with Crippen LogP contribution in [0.2, 0.25) is 0 Å². The second kappa shape index (κ2) is 4.30. The highest BCUT2D eigenvalue weighted by molar-refractivity contribution is 5.84. The number of nitrogens with zero attached hydrogens (tertiary/aromatic N) is 1. The van der Waals surface area contributed by atoms with Crippen LogP contribution in [-0.2, 0) is 6.42 Å². The average molecular weight is 217 g/mol. The fraction of sp³-hybridized carbons (Fsp3) is 0.429. The van der Waals surface area contributed by atoms with Gasteiger partial charge in [0.15, 0.2) is 0 Å². The van der Waals surface area contributed by atoms with Gasteiger partial charge in [-0.1, -0.05) is 25.1 Å². The number of hydrogen-bond donors (Lipinski definition) is 1. The zero-order valence-corrected chi connectivity index (χ0v) is 10.1. The Hall–Kier alpha value is -1.28. The van der Waals surface area contributed by atoms with Gasteiger partial charge in [-0.3, -0.25) is 0 Å². The van der Waals surface area contributed by atoms with E-state index in [-0.39, 0.29) is 12.1 Å². The van der Waals surface area contributed by atoms with Crippen LogP contribution in [-0.4, -0.2) is 15.8 Å². The van der Waals surface area contributed by atoms with Crippen molar-refractivity contribution in [3.8, 4) is 0 Å². The third kappa shape index (κ3) is 1.74. The molecule has 16 heavy (non-hydrogen) atoms. The highest BCUT2D eigenvalue weighted by atomic mass is 16.3. The number of aliphatic hydroxyl groups excluding tert-OH is 1. The molecule has 0 radical (unpaired) electrons. The lowest BCUT2D eigenvalue weighted by Crippen LogP contribution is -2.17. The summed E-state index contributed by atoms with van der Waals surface area (Å²) in [5, 5.41) is 11.0. The van der Waals surface area contributed by atoms with E-state index < -0.39 is 0 Å². The third-order valence-corrected chi connectivity index (χ3v) is 3.34. The van der Waals surface area contributed by atoms with E-state index >= 15 is 0 Å². The van der Waals surface area contributed by atoms with E-state index in [2.05, 4.69) is 42.8 Å². The van der Waals surface area contributed by atoms with Crippen molar-refractivity contribution in [1.82, 2.24) is 4.57 Å². The predicted octanol–water partition coefficient (Wildman–Crippen LogP) is 3.15. The van der Waals surface area contributed by atoms with Gasteiger partial charge in [-0.2, -0.15) is 0 Å². The van der Waals surface area contributed by atoms with Crippen LogP contribution in [0.1, 0.15) is 32.4 Å². The minimum Gasteiger partial charge on any atom is -0.391 e. The van der Waals surface area contributed by atoms with E-state index in [1.807, 2.05) is 13.0 Å². The number of hydrogen-bond acceptors (Lipinski definition) is 1. The highest BCUT2D eigenvalue weighted by Gasteiger charge is 2.15. The zero-order valence-electron chi connectivity index (χ0n) is 10.1. The second-order valence-corrected chi connectivity index (χ2v) is 4.41. The largest absolute Gasteiger partial charge is 0.391 e. The van der Waals surface area contributed by atoms with Gasteiger partial charge in [0, 0.05) is 17.1 Å². The average Bonchev–Trinajstić information content (AvgIpc) is 2.66. The van der Waals surface area contributed by atoms with E-state index in [9.17, 15) is 5.11 Å². The Morgan fingerprint density at radius 1 is 1.25 bits per heavy atom. The van der Waals surface area contributed by atoms with Crippen LogP contribution in [0.25, 0.3) is 10.9 Å². The molecule has 2 atom stereocenters. The number of fused-ring (bicyclic) bond motifs is 1. The summed E-state index contributed by atoms with van der Waals surface area (Å²) >= 11 is 0. The third-order valence-electron chi connectivity index (χ3n) is 3.34. The highest BCUT2D eigenvalue weighted by Crippen LogP contribution is 2.26. The van der Waals surface area contributed by atoms with Crippen molar-refractivity contribution in [2.75, 3.05) is 0 Å². The van der Waals surface area contributed by atoms with Crippen LogP contribution >= 0.6 is 0 Å². The molecule has 0 fully saturated rings. The molecule has 2 rings (SSSR count). The molecule has 1 aromatic heterocycles. The molecule has 0 aliphatic rings. The molecule has 2 heteroatoms. The van der Waals surface area contributed by atoms with Crippen LogP contribution in [0.4, 0.5) is 0 Å². The van der Waals surface area contributed by atoms with Gasteiger partial charge in [-0.15, -0.1) is 0 Å². The van der Waals surface area contributed by atoms with Crippen LogP contribution < -0.4 is 0 Å². The first-order valence-electron chi connectivity index (χ1n) is 5.91. The van der Waals surface area contributed by atoms with E-state index in [1.54, 1.807) is 0 Å². The number of aromatic nitrogens is 1. The quantitative estimate of drug-likeness (QED) is 0.839. The zero-order chi connectivity index (χ0) is 11.7. The standard InChI is InChI=1S/C14H19NO/c1-4-12-9-15(10(2)11(3)16)14-8-6-5-7-13(12)14/h5-11,16H,4H2,1-3H3. The Bertz CT molecular complexity index is 484. The first-order chi connectivity index (χ1) is 7.65. The van der Waals surface area contributed by atoms with Crippen molar-refractivity contribution in [1.29, 1.82) is 0 Å².